The molecule has 4 aliphatic rings. The number of rotatable bonds is 8. The second kappa shape index (κ2) is 10.8. The number of nitrogens with two attached hydrogens (primary N) is 1. The maximum Gasteiger partial charge on any atom is 0.255 e. The van der Waals surface area contributed by atoms with E-state index in [4.69, 9.17) is 5.73 Å². The monoisotopic (exact) mass is 568 g/mol. The number of phenolic OH excluding ortho intramolecular Hbond substituents is 1. The number of phenols is 1. The molecule has 6 N–H and O–H groups in total. The van der Waals surface area contributed by atoms with Gasteiger partial charge in [0.05, 0.1) is 5.56 Å². The molecule has 0 bridgehead atoms. The number of anilines is 1. The van der Waals surface area contributed by atoms with Crippen LogP contribution in [0.3, 0.4) is 0 Å². The fourth-order valence-electron chi connectivity index (χ4n) is 7.30. The maximum absolute atomic E-state index is 13.9. The minimum atomic E-state index is -2.56. The van der Waals surface area contributed by atoms with Gasteiger partial charge in [0, 0.05) is 57.3 Å². The van der Waals surface area contributed by atoms with Crippen LogP contribution in [0, 0.1) is 11.8 Å². The van der Waals surface area contributed by atoms with Crippen LogP contribution in [0.25, 0.3) is 0 Å². The van der Waals surface area contributed by atoms with Gasteiger partial charge in [0.25, 0.3) is 5.91 Å². The zero-order chi connectivity index (χ0) is 29.8. The average Bonchev–Trinajstić information content (AvgIpc) is 3.41. The van der Waals surface area contributed by atoms with Crippen LogP contribution < -0.4 is 10.6 Å². The van der Waals surface area contributed by atoms with Crippen molar-refractivity contribution < 1.29 is 34.8 Å². The van der Waals surface area contributed by atoms with E-state index in [2.05, 4.69) is 16.7 Å². The molecule has 1 aliphatic heterocycles. The highest BCUT2D eigenvalue weighted by Gasteiger charge is 2.59. The number of carbonyl (C=O) groups excluding carboxylic acids is 3. The first kappa shape index (κ1) is 29.1. The maximum atomic E-state index is 13.9. The van der Waals surface area contributed by atoms with Crippen LogP contribution in [0.1, 0.15) is 54.1 Å². The molecule has 3 atom stereocenters. The van der Waals surface area contributed by atoms with Crippen LogP contribution in [-0.4, -0.2) is 100 Å². The number of Topliss-reactive ketones (excluding diaryl/α,β-unsaturated/α-hetero) is 2. The summed E-state index contributed by atoms with van der Waals surface area (Å²) in [5.74, 6) is -6.22. The number of ketones is 2. The quantitative estimate of drug-likeness (QED) is 0.290. The van der Waals surface area contributed by atoms with Gasteiger partial charge < -0.3 is 36.0 Å². The molecule has 0 spiro atoms. The molecule has 1 aromatic carbocycles. The zero-order valence-electron chi connectivity index (χ0n) is 23.9. The van der Waals surface area contributed by atoms with Gasteiger partial charge in [0.15, 0.2) is 11.4 Å². The summed E-state index contributed by atoms with van der Waals surface area (Å²) in [5.41, 5.74) is 4.18. The molecule has 0 radical (unpaired) electrons. The molecule has 0 aromatic heterocycles. The Bertz CT molecular complexity index is 1360. The van der Waals surface area contributed by atoms with E-state index >= 15 is 0 Å². The van der Waals surface area contributed by atoms with Gasteiger partial charge in [0.1, 0.15) is 22.8 Å². The molecule has 11 heteroatoms. The molecule has 1 saturated heterocycles. The van der Waals surface area contributed by atoms with Crippen molar-refractivity contribution in [2.75, 3.05) is 51.7 Å². The van der Waals surface area contributed by atoms with Gasteiger partial charge in [-0.15, -0.1) is 0 Å². The van der Waals surface area contributed by atoms with Crippen molar-refractivity contribution in [3.63, 3.8) is 0 Å². The van der Waals surface area contributed by atoms with Crippen molar-refractivity contribution in [1.29, 1.82) is 0 Å². The summed E-state index contributed by atoms with van der Waals surface area (Å²) >= 11 is 0. The van der Waals surface area contributed by atoms with Crippen molar-refractivity contribution in [2.24, 2.45) is 17.6 Å². The van der Waals surface area contributed by atoms with Crippen molar-refractivity contribution in [3.05, 3.63) is 45.4 Å². The predicted molar refractivity (Wildman–Crippen MR) is 152 cm³/mol. The summed E-state index contributed by atoms with van der Waals surface area (Å²) in [7, 11) is 3.77. The number of aromatic hydroxyl groups is 1. The smallest absolute Gasteiger partial charge is 0.255 e. The highest BCUT2D eigenvalue weighted by molar-refractivity contribution is 6.24. The average molecular weight is 569 g/mol. The number of aliphatic hydroxyl groups is 3. The van der Waals surface area contributed by atoms with Crippen molar-refractivity contribution in [1.82, 2.24) is 9.80 Å². The number of likely N-dealkylation sites (N-methyl/N-ethyl adjacent to an activating group) is 1. The third-order valence-electron chi connectivity index (χ3n) is 9.33. The summed E-state index contributed by atoms with van der Waals surface area (Å²) in [6.45, 7) is 7.58. The van der Waals surface area contributed by atoms with E-state index in [-0.39, 0.29) is 36.1 Å². The van der Waals surface area contributed by atoms with Crippen LogP contribution in [0.4, 0.5) is 5.69 Å². The van der Waals surface area contributed by atoms with Gasteiger partial charge in [-0.25, -0.2) is 0 Å². The van der Waals surface area contributed by atoms with E-state index in [1.54, 1.807) is 6.07 Å². The summed E-state index contributed by atoms with van der Waals surface area (Å²) in [6, 6.07) is 1.60. The normalized spacial score (nSPS) is 26.4. The molecule has 1 fully saturated rings. The number of aliphatic hydroxyl groups excluding tert-OH is 2. The lowest BCUT2D eigenvalue weighted by Gasteiger charge is -2.46. The fourth-order valence-corrected chi connectivity index (χ4v) is 7.30. The number of carbonyl (C=O) groups is 3. The van der Waals surface area contributed by atoms with Gasteiger partial charge in [-0.1, -0.05) is 6.92 Å². The molecule has 1 heterocycles. The first-order valence-electron chi connectivity index (χ1n) is 14.4. The zero-order valence-corrected chi connectivity index (χ0v) is 23.9. The van der Waals surface area contributed by atoms with Gasteiger partial charge in [-0.2, -0.15) is 0 Å². The van der Waals surface area contributed by atoms with Gasteiger partial charge in [-0.3, -0.25) is 19.3 Å². The fraction of sp³-hybridized carbons (Fsp3) is 0.567. The lowest BCUT2D eigenvalue weighted by atomic mass is 9.60. The number of amides is 1. The number of hydrogen-bond acceptors (Lipinski definition) is 10. The van der Waals surface area contributed by atoms with Crippen LogP contribution in [0.2, 0.25) is 0 Å². The molecule has 41 heavy (non-hydrogen) atoms. The molecular formula is C30H40N4O7. The predicted octanol–water partition coefficient (Wildman–Crippen LogP) is 1.56. The Balaban J connectivity index is 1.53. The summed E-state index contributed by atoms with van der Waals surface area (Å²) < 4.78 is 0. The van der Waals surface area contributed by atoms with Crippen LogP contribution >= 0.6 is 0 Å². The number of hydrogen-bond donors (Lipinski definition) is 5. The Morgan fingerprint density at radius 1 is 1.15 bits per heavy atom. The third-order valence-corrected chi connectivity index (χ3v) is 9.33. The van der Waals surface area contributed by atoms with Crippen molar-refractivity contribution >= 4 is 23.2 Å². The molecule has 11 nitrogen and oxygen atoms in total. The SMILES string of the molecule is CCN(CCN1CCCC1)Cc1cc(O)c2c(c1N(C)C)CC1C[C@H]3CC(O)=C(C(N)=O)C(=O)[C@@]3(O)C(O)=C1C2=O. The van der Waals surface area contributed by atoms with E-state index in [1.165, 1.54) is 12.8 Å². The van der Waals surface area contributed by atoms with Crippen molar-refractivity contribution in [3.8, 4) is 5.75 Å². The Labute approximate surface area is 239 Å². The van der Waals surface area contributed by atoms with E-state index in [1.807, 2.05) is 19.0 Å². The molecule has 5 rings (SSSR count). The van der Waals surface area contributed by atoms with Crippen molar-refractivity contribution in [2.45, 2.75) is 51.2 Å². The number of likely N-dealkylation sites (tertiary alicyclic amines) is 1. The standard InChI is InChI=1S/C30H40N4O7/c1-4-33(9-10-34-7-5-6-8-34)15-17-13-20(35)23-19(25(17)32(2)3)12-16-11-18-14-21(36)24(29(31)40)28(39)30(18,41)27(38)22(16)26(23)37/h13,16,18,35-36,38,41H,4-12,14-15H2,1-3H3,(H2,31,40)/t16?,18-,30-/m0/s1. The molecule has 1 unspecified atom stereocenters. The second-order valence-corrected chi connectivity index (χ2v) is 12.0. The minimum Gasteiger partial charge on any atom is -0.511 e. The number of primary amides is 1. The minimum absolute atomic E-state index is 0.0363. The number of fused-ring (bicyclic) bond motifs is 3. The number of allylic oxidation sites excluding steroid dienone is 2. The Hall–Kier alpha value is -3.41. The molecule has 1 aromatic rings. The lowest BCUT2D eigenvalue weighted by molar-refractivity contribution is -0.144. The highest BCUT2D eigenvalue weighted by Crippen LogP contribution is 2.52. The summed E-state index contributed by atoms with van der Waals surface area (Å²) in [4.78, 5) is 45.6. The van der Waals surface area contributed by atoms with E-state index in [0.29, 0.717) is 12.1 Å². The Kier molecular flexibility index (Phi) is 7.65. The highest BCUT2D eigenvalue weighted by atomic mass is 16.3. The molecular weight excluding hydrogens is 528 g/mol. The second-order valence-electron chi connectivity index (χ2n) is 12.0. The first-order valence-corrected chi connectivity index (χ1v) is 14.4. The van der Waals surface area contributed by atoms with Crippen LogP contribution in [0.15, 0.2) is 28.7 Å². The van der Waals surface area contributed by atoms with Crippen LogP contribution in [0.5, 0.6) is 5.75 Å². The largest absolute Gasteiger partial charge is 0.511 e. The lowest BCUT2D eigenvalue weighted by Crippen LogP contribution is -2.57. The number of benzene rings is 1. The molecule has 1 amide bonds. The third kappa shape index (κ3) is 4.69. The van der Waals surface area contributed by atoms with E-state index < -0.39 is 52.0 Å². The van der Waals surface area contributed by atoms with E-state index in [0.717, 1.165) is 44.0 Å². The topological polar surface area (TPSA) is 168 Å². The summed E-state index contributed by atoms with van der Waals surface area (Å²) in [6.07, 6.45) is 2.60. The Morgan fingerprint density at radius 2 is 1.83 bits per heavy atom. The van der Waals surface area contributed by atoms with Crippen LogP contribution in [-0.2, 0) is 22.6 Å². The van der Waals surface area contributed by atoms with Gasteiger partial charge >= 0.3 is 0 Å². The first-order chi connectivity index (χ1) is 19.4. The van der Waals surface area contributed by atoms with E-state index in [9.17, 15) is 34.8 Å². The summed E-state index contributed by atoms with van der Waals surface area (Å²) in [5, 5.41) is 44.3. The Morgan fingerprint density at radius 3 is 2.44 bits per heavy atom. The van der Waals surface area contributed by atoms with Gasteiger partial charge in [0.2, 0.25) is 5.78 Å². The molecule has 3 aliphatic carbocycles. The number of nitrogens with zero attached hydrogens (tertiary/aromatic N) is 3. The molecule has 222 valence electrons. The molecule has 0 saturated carbocycles. The van der Waals surface area contributed by atoms with Gasteiger partial charge in [-0.05, 0) is 68.4 Å².